The van der Waals surface area contributed by atoms with Crippen molar-refractivity contribution in [3.05, 3.63) is 11.1 Å². The molecule has 0 amide bonds. The molecule has 0 spiro atoms. The van der Waals surface area contributed by atoms with Gasteiger partial charge in [-0.2, -0.15) is 0 Å². The van der Waals surface area contributed by atoms with Gasteiger partial charge in [-0.15, -0.1) is 11.3 Å². The van der Waals surface area contributed by atoms with Crippen LogP contribution in [-0.4, -0.2) is 28.1 Å². The fraction of sp³-hybridized carbons (Fsp3) is 0.667. The number of hydrogen-bond donors (Lipinski definition) is 1. The Balaban J connectivity index is 2.34. The number of aliphatic carboxylic acids is 1. The van der Waals surface area contributed by atoms with Crippen molar-refractivity contribution in [2.45, 2.75) is 45.1 Å². The third-order valence-corrected chi connectivity index (χ3v) is 4.37. The standard InChI is InChI=1S/C12H18N2O2S/c1-3-5-12(10(15)16)6-4-7-14(12)11-13-9(2)8-17-11/h8H,3-7H2,1-2H3,(H,15,16). The summed E-state index contributed by atoms with van der Waals surface area (Å²) < 4.78 is 0. The van der Waals surface area contributed by atoms with Crippen LogP contribution >= 0.6 is 11.3 Å². The molecule has 1 atom stereocenters. The first-order valence-corrected chi connectivity index (χ1v) is 6.91. The molecule has 0 saturated carbocycles. The number of anilines is 1. The first-order chi connectivity index (χ1) is 8.10. The molecule has 1 fully saturated rings. The van der Waals surface area contributed by atoms with Crippen molar-refractivity contribution in [1.82, 2.24) is 4.98 Å². The minimum absolute atomic E-state index is 0.695. The molecule has 2 rings (SSSR count). The minimum atomic E-state index is -0.723. The zero-order valence-corrected chi connectivity index (χ0v) is 11.1. The van der Waals surface area contributed by atoms with E-state index >= 15 is 0 Å². The van der Waals surface area contributed by atoms with Crippen molar-refractivity contribution < 1.29 is 9.90 Å². The Labute approximate surface area is 105 Å². The number of aryl methyl sites for hydroxylation is 1. The van der Waals surface area contributed by atoms with Crippen LogP contribution in [0.15, 0.2) is 5.38 Å². The van der Waals surface area contributed by atoms with Crippen LogP contribution < -0.4 is 4.90 Å². The molecule has 17 heavy (non-hydrogen) atoms. The highest BCUT2D eigenvalue weighted by atomic mass is 32.1. The highest BCUT2D eigenvalue weighted by Crippen LogP contribution is 2.39. The van der Waals surface area contributed by atoms with E-state index in [1.165, 1.54) is 0 Å². The quantitative estimate of drug-likeness (QED) is 0.897. The van der Waals surface area contributed by atoms with Gasteiger partial charge in [0, 0.05) is 11.9 Å². The molecule has 1 aromatic heterocycles. The average Bonchev–Trinajstić information content (AvgIpc) is 2.85. The van der Waals surface area contributed by atoms with Crippen LogP contribution in [-0.2, 0) is 4.79 Å². The maximum absolute atomic E-state index is 11.6. The smallest absolute Gasteiger partial charge is 0.329 e. The summed E-state index contributed by atoms with van der Waals surface area (Å²) in [6.07, 6.45) is 3.24. The lowest BCUT2D eigenvalue weighted by Crippen LogP contribution is -2.50. The summed E-state index contributed by atoms with van der Waals surface area (Å²) >= 11 is 1.54. The number of aromatic nitrogens is 1. The van der Waals surface area contributed by atoms with Gasteiger partial charge in [0.15, 0.2) is 5.13 Å². The lowest BCUT2D eigenvalue weighted by atomic mass is 9.91. The number of thiazole rings is 1. The van der Waals surface area contributed by atoms with Crippen LogP contribution in [0.2, 0.25) is 0 Å². The van der Waals surface area contributed by atoms with E-state index in [9.17, 15) is 9.90 Å². The summed E-state index contributed by atoms with van der Waals surface area (Å²) in [7, 11) is 0. The molecule has 0 bridgehead atoms. The van der Waals surface area contributed by atoms with E-state index in [1.807, 2.05) is 24.1 Å². The van der Waals surface area contributed by atoms with Crippen molar-refractivity contribution in [3.8, 4) is 0 Å². The Morgan fingerprint density at radius 2 is 2.47 bits per heavy atom. The number of rotatable bonds is 4. The van der Waals surface area contributed by atoms with Gasteiger partial charge in [-0.3, -0.25) is 0 Å². The summed E-state index contributed by atoms with van der Waals surface area (Å²) in [5, 5.41) is 12.4. The van der Waals surface area contributed by atoms with Gasteiger partial charge in [0.1, 0.15) is 5.54 Å². The molecule has 2 heterocycles. The van der Waals surface area contributed by atoms with Gasteiger partial charge in [-0.1, -0.05) is 13.3 Å². The van der Waals surface area contributed by atoms with Gasteiger partial charge in [-0.05, 0) is 26.2 Å². The third-order valence-electron chi connectivity index (χ3n) is 3.39. The topological polar surface area (TPSA) is 53.4 Å². The third kappa shape index (κ3) is 2.04. The van der Waals surface area contributed by atoms with Crippen molar-refractivity contribution in [2.24, 2.45) is 0 Å². The number of carboxylic acid groups (broad SMARTS) is 1. The van der Waals surface area contributed by atoms with Gasteiger partial charge < -0.3 is 10.0 Å². The Bertz CT molecular complexity index is 418. The normalized spacial score (nSPS) is 24.2. The van der Waals surface area contributed by atoms with Crippen molar-refractivity contribution in [3.63, 3.8) is 0 Å². The van der Waals surface area contributed by atoms with Gasteiger partial charge >= 0.3 is 5.97 Å². The van der Waals surface area contributed by atoms with Gasteiger partial charge in [0.05, 0.1) is 5.69 Å². The van der Waals surface area contributed by atoms with Gasteiger partial charge in [-0.25, -0.2) is 9.78 Å². The zero-order chi connectivity index (χ0) is 12.5. The molecule has 0 aromatic carbocycles. The molecule has 0 radical (unpaired) electrons. The van der Waals surface area contributed by atoms with Crippen molar-refractivity contribution in [2.75, 3.05) is 11.4 Å². The predicted molar refractivity (Wildman–Crippen MR) is 68.7 cm³/mol. The maximum Gasteiger partial charge on any atom is 0.329 e. The highest BCUT2D eigenvalue weighted by molar-refractivity contribution is 7.13. The van der Waals surface area contributed by atoms with Crippen molar-refractivity contribution >= 4 is 22.4 Å². The molecular formula is C12H18N2O2S. The van der Waals surface area contributed by atoms with E-state index in [2.05, 4.69) is 4.98 Å². The molecule has 94 valence electrons. The minimum Gasteiger partial charge on any atom is -0.479 e. The number of carbonyl (C=O) groups is 1. The maximum atomic E-state index is 11.6. The molecule has 1 aromatic rings. The van der Waals surface area contributed by atoms with Gasteiger partial charge in [0.2, 0.25) is 0 Å². The van der Waals surface area contributed by atoms with E-state index in [4.69, 9.17) is 0 Å². The van der Waals surface area contributed by atoms with E-state index in [-0.39, 0.29) is 0 Å². The Hall–Kier alpha value is -1.10. The summed E-state index contributed by atoms with van der Waals surface area (Å²) in [5.74, 6) is -0.704. The number of nitrogens with zero attached hydrogens (tertiary/aromatic N) is 2. The fourth-order valence-corrected chi connectivity index (χ4v) is 3.54. The molecule has 1 saturated heterocycles. The fourth-order valence-electron chi connectivity index (χ4n) is 2.63. The molecule has 1 aliphatic heterocycles. The zero-order valence-electron chi connectivity index (χ0n) is 10.3. The second kappa shape index (κ2) is 4.64. The molecule has 4 nitrogen and oxygen atoms in total. The number of hydrogen-bond acceptors (Lipinski definition) is 4. The van der Waals surface area contributed by atoms with Crippen LogP contribution in [0.3, 0.4) is 0 Å². The Morgan fingerprint density at radius 1 is 1.71 bits per heavy atom. The highest BCUT2D eigenvalue weighted by Gasteiger charge is 2.47. The van der Waals surface area contributed by atoms with Crippen LogP contribution in [0.1, 0.15) is 38.3 Å². The van der Waals surface area contributed by atoms with Crippen molar-refractivity contribution in [1.29, 1.82) is 0 Å². The Morgan fingerprint density at radius 3 is 3.00 bits per heavy atom. The van der Waals surface area contributed by atoms with Crippen LogP contribution in [0.4, 0.5) is 5.13 Å². The van der Waals surface area contributed by atoms with Crippen LogP contribution in [0.5, 0.6) is 0 Å². The molecule has 1 unspecified atom stereocenters. The first-order valence-electron chi connectivity index (χ1n) is 6.03. The first kappa shape index (κ1) is 12.4. The van der Waals surface area contributed by atoms with Crippen LogP contribution in [0.25, 0.3) is 0 Å². The van der Waals surface area contributed by atoms with E-state index in [0.29, 0.717) is 6.42 Å². The molecule has 1 aliphatic rings. The second-order valence-electron chi connectivity index (χ2n) is 4.61. The molecule has 1 N–H and O–H groups in total. The summed E-state index contributed by atoms with van der Waals surface area (Å²) in [4.78, 5) is 18.1. The lowest BCUT2D eigenvalue weighted by Gasteiger charge is -2.34. The summed E-state index contributed by atoms with van der Waals surface area (Å²) in [5.41, 5.74) is 0.242. The lowest BCUT2D eigenvalue weighted by molar-refractivity contribution is -0.143. The SMILES string of the molecule is CCCC1(C(=O)O)CCCN1c1nc(C)cs1. The predicted octanol–water partition coefficient (Wildman–Crippen LogP) is 2.68. The monoisotopic (exact) mass is 254 g/mol. The molecule has 5 heteroatoms. The number of carboxylic acids is 1. The molecule has 0 aliphatic carbocycles. The van der Waals surface area contributed by atoms with Gasteiger partial charge in [0.25, 0.3) is 0 Å². The van der Waals surface area contributed by atoms with E-state index in [0.717, 1.165) is 36.6 Å². The Kier molecular flexibility index (Phi) is 3.38. The van der Waals surface area contributed by atoms with Crippen LogP contribution in [0, 0.1) is 6.92 Å². The largest absolute Gasteiger partial charge is 0.479 e. The van der Waals surface area contributed by atoms with E-state index in [1.54, 1.807) is 11.3 Å². The summed E-state index contributed by atoms with van der Waals surface area (Å²) in [6.45, 7) is 4.78. The second-order valence-corrected chi connectivity index (χ2v) is 5.45. The average molecular weight is 254 g/mol. The van der Waals surface area contributed by atoms with E-state index < -0.39 is 11.5 Å². The summed E-state index contributed by atoms with van der Waals surface area (Å²) in [6, 6.07) is 0. The molecular weight excluding hydrogens is 236 g/mol.